The Morgan fingerprint density at radius 2 is 2.48 bits per heavy atom. The van der Waals surface area contributed by atoms with Gasteiger partial charge in [0.15, 0.2) is 5.82 Å². The van der Waals surface area contributed by atoms with Crippen molar-refractivity contribution < 1.29 is 9.53 Å². The summed E-state index contributed by atoms with van der Waals surface area (Å²) in [7, 11) is 0. The minimum absolute atomic E-state index is 0.00286. The van der Waals surface area contributed by atoms with Crippen LogP contribution in [0.15, 0.2) is 23.8 Å². The predicted octanol–water partition coefficient (Wildman–Crippen LogP) is 2.20. The second-order valence-electron chi connectivity index (χ2n) is 5.47. The van der Waals surface area contributed by atoms with Gasteiger partial charge in [-0.2, -0.15) is 0 Å². The molecular formula is C15H21N5O2S. The molecule has 7 nitrogen and oxygen atoms in total. The number of aryl methyl sites for hydroxylation is 1. The Morgan fingerprint density at radius 1 is 1.61 bits per heavy atom. The van der Waals surface area contributed by atoms with Crippen LogP contribution < -0.4 is 5.32 Å². The van der Waals surface area contributed by atoms with Gasteiger partial charge in [0.2, 0.25) is 0 Å². The Kier molecular flexibility index (Phi) is 4.92. The molecule has 0 spiro atoms. The quantitative estimate of drug-likeness (QED) is 0.930. The third kappa shape index (κ3) is 3.53. The zero-order chi connectivity index (χ0) is 16.2. The lowest BCUT2D eigenvalue weighted by atomic mass is 10.2. The van der Waals surface area contributed by atoms with Gasteiger partial charge in [-0.15, -0.1) is 21.5 Å². The summed E-state index contributed by atoms with van der Waals surface area (Å²) in [6.07, 6.45) is 1.46. The fourth-order valence-electron chi connectivity index (χ4n) is 2.63. The monoisotopic (exact) mass is 335 g/mol. The Balaban J connectivity index is 1.63. The number of urea groups is 1. The highest BCUT2D eigenvalue weighted by Gasteiger charge is 2.29. The lowest BCUT2D eigenvalue weighted by molar-refractivity contribution is -0.0220. The molecule has 3 heterocycles. The molecule has 3 rings (SSSR count). The molecule has 1 aliphatic heterocycles. The molecule has 0 radical (unpaired) electrons. The number of aromatic nitrogens is 3. The molecule has 2 unspecified atom stereocenters. The van der Waals surface area contributed by atoms with Crippen LogP contribution in [0.5, 0.6) is 0 Å². The molecule has 23 heavy (non-hydrogen) atoms. The van der Waals surface area contributed by atoms with Crippen molar-refractivity contribution in [2.75, 3.05) is 19.7 Å². The van der Waals surface area contributed by atoms with E-state index >= 15 is 0 Å². The molecule has 2 aromatic rings. The zero-order valence-electron chi connectivity index (χ0n) is 13.3. The summed E-state index contributed by atoms with van der Waals surface area (Å²) in [5, 5.41) is 13.1. The first-order valence-electron chi connectivity index (χ1n) is 7.77. The number of amides is 2. The van der Waals surface area contributed by atoms with Gasteiger partial charge in [-0.25, -0.2) is 4.79 Å². The normalized spacial score (nSPS) is 19.6. The topological polar surface area (TPSA) is 72.3 Å². The average Bonchev–Trinajstić information content (AvgIpc) is 3.26. The molecule has 0 saturated carbocycles. The van der Waals surface area contributed by atoms with Gasteiger partial charge < -0.3 is 19.5 Å². The number of ether oxygens (including phenoxy) is 1. The summed E-state index contributed by atoms with van der Waals surface area (Å²) in [6.45, 7) is 6.38. The lowest BCUT2D eigenvalue weighted by Gasteiger charge is -2.33. The van der Waals surface area contributed by atoms with E-state index in [2.05, 4.69) is 15.5 Å². The molecule has 1 aliphatic rings. The maximum absolute atomic E-state index is 12.5. The van der Waals surface area contributed by atoms with Gasteiger partial charge >= 0.3 is 6.03 Å². The van der Waals surface area contributed by atoms with Gasteiger partial charge in [-0.3, -0.25) is 0 Å². The minimum Gasteiger partial charge on any atom is -0.366 e. The summed E-state index contributed by atoms with van der Waals surface area (Å²) in [5.41, 5.74) is 0. The molecule has 0 aromatic carbocycles. The lowest BCUT2D eigenvalue weighted by Crippen LogP contribution is -2.48. The first kappa shape index (κ1) is 15.9. The minimum atomic E-state index is -0.228. The van der Waals surface area contributed by atoms with Crippen molar-refractivity contribution in [2.24, 2.45) is 0 Å². The van der Waals surface area contributed by atoms with Crippen LogP contribution in [0.1, 0.15) is 36.7 Å². The summed E-state index contributed by atoms with van der Waals surface area (Å²) in [5.74, 6) is 0.774. The Morgan fingerprint density at radius 3 is 3.22 bits per heavy atom. The number of hydrogen-bond acceptors (Lipinski definition) is 5. The van der Waals surface area contributed by atoms with E-state index in [1.807, 2.05) is 35.9 Å². The molecular weight excluding hydrogens is 314 g/mol. The first-order chi connectivity index (χ1) is 11.2. The van der Waals surface area contributed by atoms with E-state index < -0.39 is 0 Å². The molecule has 124 valence electrons. The molecule has 0 bridgehead atoms. The Labute approximate surface area is 139 Å². The average molecular weight is 335 g/mol. The van der Waals surface area contributed by atoms with Crippen LogP contribution in [0.2, 0.25) is 0 Å². The van der Waals surface area contributed by atoms with Crippen molar-refractivity contribution in [2.45, 2.75) is 32.5 Å². The number of carbonyl (C=O) groups is 1. The summed E-state index contributed by atoms with van der Waals surface area (Å²) in [4.78, 5) is 15.4. The second kappa shape index (κ2) is 7.10. The van der Waals surface area contributed by atoms with Crippen molar-refractivity contribution in [3.8, 4) is 0 Å². The third-order valence-corrected chi connectivity index (χ3v) is 4.99. The van der Waals surface area contributed by atoms with Crippen molar-refractivity contribution in [1.29, 1.82) is 0 Å². The molecule has 0 aliphatic carbocycles. The molecule has 2 amide bonds. The van der Waals surface area contributed by atoms with Gasteiger partial charge in [0.1, 0.15) is 12.4 Å². The van der Waals surface area contributed by atoms with E-state index in [9.17, 15) is 4.79 Å². The van der Waals surface area contributed by atoms with Crippen LogP contribution in [-0.4, -0.2) is 45.4 Å². The number of morpholine rings is 1. The van der Waals surface area contributed by atoms with Crippen LogP contribution in [0.25, 0.3) is 0 Å². The van der Waals surface area contributed by atoms with Crippen LogP contribution in [-0.2, 0) is 11.3 Å². The van der Waals surface area contributed by atoms with Crippen LogP contribution in [0.3, 0.4) is 0 Å². The van der Waals surface area contributed by atoms with Crippen LogP contribution in [0, 0.1) is 0 Å². The standard InChI is InChI=1S/C15H21N5O2S/c1-3-19-10-16-18-14(19)12-9-20(6-7-22-12)15(21)17-11(2)13-5-4-8-23-13/h4-5,8,10-12H,3,6-7,9H2,1-2H3,(H,17,21). The smallest absolute Gasteiger partial charge is 0.318 e. The zero-order valence-corrected chi connectivity index (χ0v) is 14.1. The van der Waals surface area contributed by atoms with Crippen molar-refractivity contribution in [3.63, 3.8) is 0 Å². The van der Waals surface area contributed by atoms with Gasteiger partial charge in [0.05, 0.1) is 19.2 Å². The van der Waals surface area contributed by atoms with E-state index in [4.69, 9.17) is 4.74 Å². The summed E-state index contributed by atoms with van der Waals surface area (Å²) in [6, 6.07) is 3.96. The molecule has 1 N–H and O–H groups in total. The van der Waals surface area contributed by atoms with Gasteiger partial charge in [0.25, 0.3) is 0 Å². The fourth-order valence-corrected chi connectivity index (χ4v) is 3.37. The maximum Gasteiger partial charge on any atom is 0.318 e. The number of nitrogens with one attached hydrogen (secondary N) is 1. The largest absolute Gasteiger partial charge is 0.366 e. The van der Waals surface area contributed by atoms with E-state index in [1.54, 1.807) is 22.6 Å². The molecule has 8 heteroatoms. The molecule has 2 aromatic heterocycles. The van der Waals surface area contributed by atoms with Crippen molar-refractivity contribution in [3.05, 3.63) is 34.5 Å². The predicted molar refractivity (Wildman–Crippen MR) is 87.2 cm³/mol. The van der Waals surface area contributed by atoms with E-state index in [1.165, 1.54) is 0 Å². The van der Waals surface area contributed by atoms with Gasteiger partial charge in [0, 0.05) is 18.0 Å². The van der Waals surface area contributed by atoms with Gasteiger partial charge in [-0.05, 0) is 25.3 Å². The van der Waals surface area contributed by atoms with E-state index in [0.29, 0.717) is 19.7 Å². The van der Waals surface area contributed by atoms with E-state index in [-0.39, 0.29) is 18.2 Å². The highest BCUT2D eigenvalue weighted by Crippen LogP contribution is 2.22. The van der Waals surface area contributed by atoms with Crippen molar-refractivity contribution >= 4 is 17.4 Å². The number of thiophene rings is 1. The highest BCUT2D eigenvalue weighted by atomic mass is 32.1. The second-order valence-corrected chi connectivity index (χ2v) is 6.45. The highest BCUT2D eigenvalue weighted by molar-refractivity contribution is 7.10. The number of nitrogens with zero attached hydrogens (tertiary/aromatic N) is 4. The SMILES string of the molecule is CCn1cnnc1C1CN(C(=O)NC(C)c2cccs2)CCO1. The Bertz CT molecular complexity index is 642. The maximum atomic E-state index is 12.5. The fraction of sp³-hybridized carbons (Fsp3) is 0.533. The van der Waals surface area contributed by atoms with Gasteiger partial charge in [-0.1, -0.05) is 6.07 Å². The molecule has 1 fully saturated rings. The van der Waals surface area contributed by atoms with Crippen LogP contribution in [0.4, 0.5) is 4.79 Å². The molecule has 1 saturated heterocycles. The number of rotatable bonds is 4. The number of carbonyl (C=O) groups excluding carboxylic acids is 1. The third-order valence-electron chi connectivity index (χ3n) is 3.94. The molecule has 2 atom stereocenters. The van der Waals surface area contributed by atoms with Crippen molar-refractivity contribution in [1.82, 2.24) is 25.0 Å². The first-order valence-corrected chi connectivity index (χ1v) is 8.65. The van der Waals surface area contributed by atoms with E-state index in [0.717, 1.165) is 17.2 Å². The summed E-state index contributed by atoms with van der Waals surface area (Å²) < 4.78 is 7.72. The van der Waals surface area contributed by atoms with Crippen LogP contribution >= 0.6 is 11.3 Å². The summed E-state index contributed by atoms with van der Waals surface area (Å²) >= 11 is 1.64. The number of hydrogen-bond donors (Lipinski definition) is 1. The Hall–Kier alpha value is -1.93.